The van der Waals surface area contributed by atoms with Gasteiger partial charge in [-0.25, -0.2) is 14.5 Å². The molecule has 0 saturated heterocycles. The number of hydrogen-bond donors (Lipinski definition) is 2. The number of carboxylic acids is 1. The molecule has 0 aliphatic carbocycles. The zero-order valence-corrected chi connectivity index (χ0v) is 7.56. The highest BCUT2D eigenvalue weighted by molar-refractivity contribution is 5.92. The van der Waals surface area contributed by atoms with Crippen molar-refractivity contribution in [3.63, 3.8) is 0 Å². The monoisotopic (exact) mass is 191 g/mol. The minimum Gasteiger partial charge on any atom is -0.478 e. The summed E-state index contributed by atoms with van der Waals surface area (Å²) >= 11 is 0. The summed E-state index contributed by atoms with van der Waals surface area (Å²) in [6.07, 6.45) is 0. The van der Waals surface area contributed by atoms with E-state index < -0.39 is 5.97 Å². The Bertz CT molecular complexity index is 516. The lowest BCUT2D eigenvalue weighted by molar-refractivity contribution is 0.0697. The number of carbonyl (C=O) groups is 1. The van der Waals surface area contributed by atoms with Crippen LogP contribution in [0.5, 0.6) is 0 Å². The molecule has 5 nitrogen and oxygen atoms in total. The molecule has 2 rings (SSSR count). The van der Waals surface area contributed by atoms with Gasteiger partial charge in [0.15, 0.2) is 0 Å². The molecular weight excluding hydrogens is 182 g/mol. The van der Waals surface area contributed by atoms with Crippen molar-refractivity contribution in [2.45, 2.75) is 6.92 Å². The van der Waals surface area contributed by atoms with Crippen molar-refractivity contribution >= 4 is 17.0 Å². The van der Waals surface area contributed by atoms with Gasteiger partial charge in [-0.15, -0.1) is 0 Å². The molecule has 0 spiro atoms. The van der Waals surface area contributed by atoms with Crippen LogP contribution in [0.4, 0.5) is 0 Å². The molecule has 1 aromatic heterocycles. The number of nitrogen functional groups attached to an aromatic ring is 1. The Hall–Kier alpha value is -2.04. The van der Waals surface area contributed by atoms with Gasteiger partial charge in [-0.05, 0) is 25.1 Å². The maximum absolute atomic E-state index is 10.7. The maximum atomic E-state index is 10.7. The largest absolute Gasteiger partial charge is 0.478 e. The second-order valence-electron chi connectivity index (χ2n) is 3.04. The van der Waals surface area contributed by atoms with E-state index in [0.717, 1.165) is 5.52 Å². The van der Waals surface area contributed by atoms with Crippen LogP contribution in [0.3, 0.4) is 0 Å². The Kier molecular flexibility index (Phi) is 1.67. The number of benzene rings is 1. The molecule has 0 aliphatic heterocycles. The Morgan fingerprint density at radius 2 is 2.29 bits per heavy atom. The first-order valence-electron chi connectivity index (χ1n) is 4.07. The minimum atomic E-state index is -0.962. The van der Waals surface area contributed by atoms with Crippen molar-refractivity contribution in [3.8, 4) is 0 Å². The van der Waals surface area contributed by atoms with E-state index in [1.54, 1.807) is 13.0 Å². The van der Waals surface area contributed by atoms with Gasteiger partial charge in [-0.3, -0.25) is 0 Å². The average Bonchev–Trinajstić information content (AvgIpc) is 2.42. The Balaban J connectivity index is 2.73. The number of hydrogen-bond acceptors (Lipinski definition) is 3. The highest BCUT2D eigenvalue weighted by Gasteiger charge is 2.08. The molecule has 0 fully saturated rings. The molecule has 14 heavy (non-hydrogen) atoms. The van der Waals surface area contributed by atoms with Crippen LogP contribution in [0.2, 0.25) is 0 Å². The van der Waals surface area contributed by atoms with E-state index in [1.807, 2.05) is 0 Å². The molecule has 72 valence electrons. The van der Waals surface area contributed by atoms with Gasteiger partial charge in [0.2, 0.25) is 0 Å². The number of fused-ring (bicyclic) bond motifs is 1. The second kappa shape index (κ2) is 2.73. The Morgan fingerprint density at radius 1 is 1.57 bits per heavy atom. The molecule has 0 amide bonds. The topological polar surface area (TPSA) is 81.1 Å². The van der Waals surface area contributed by atoms with Crippen molar-refractivity contribution in [3.05, 3.63) is 29.6 Å². The van der Waals surface area contributed by atoms with Crippen LogP contribution in [-0.4, -0.2) is 20.7 Å². The molecular formula is C9H9N3O2. The summed E-state index contributed by atoms with van der Waals surface area (Å²) in [5.41, 5.74) is 1.55. The number of carboxylic acid groups (broad SMARTS) is 1. The zero-order valence-electron chi connectivity index (χ0n) is 7.56. The van der Waals surface area contributed by atoms with Crippen LogP contribution in [0.15, 0.2) is 18.2 Å². The lowest BCUT2D eigenvalue weighted by Gasteiger charge is -1.96. The van der Waals surface area contributed by atoms with E-state index in [2.05, 4.69) is 4.98 Å². The lowest BCUT2D eigenvalue weighted by Crippen LogP contribution is -2.09. The predicted molar refractivity (Wildman–Crippen MR) is 51.6 cm³/mol. The van der Waals surface area contributed by atoms with Gasteiger partial charge in [0, 0.05) is 0 Å². The van der Waals surface area contributed by atoms with Crippen LogP contribution in [0.25, 0.3) is 11.0 Å². The standard InChI is InChI=1S/C9H9N3O2/c1-5-11-7-4-6(9(13)14)2-3-8(7)12(5)10/h2-4H,10H2,1H3,(H,13,14). The highest BCUT2D eigenvalue weighted by atomic mass is 16.4. The van der Waals surface area contributed by atoms with Gasteiger partial charge in [-0.2, -0.15) is 0 Å². The molecule has 3 N–H and O–H groups in total. The van der Waals surface area contributed by atoms with Gasteiger partial charge in [-0.1, -0.05) is 0 Å². The van der Waals surface area contributed by atoms with Crippen molar-refractivity contribution in [1.29, 1.82) is 0 Å². The zero-order chi connectivity index (χ0) is 10.3. The molecule has 1 heterocycles. The Labute approximate surface area is 79.7 Å². The molecule has 5 heteroatoms. The van der Waals surface area contributed by atoms with Crippen LogP contribution in [-0.2, 0) is 0 Å². The fraction of sp³-hybridized carbons (Fsp3) is 0.111. The normalized spacial score (nSPS) is 10.6. The molecule has 0 radical (unpaired) electrons. The van der Waals surface area contributed by atoms with Gasteiger partial charge in [0.1, 0.15) is 5.82 Å². The molecule has 0 unspecified atom stereocenters. The number of rotatable bonds is 1. The summed E-state index contributed by atoms with van der Waals surface area (Å²) in [7, 11) is 0. The summed E-state index contributed by atoms with van der Waals surface area (Å²) in [6, 6.07) is 4.67. The molecule has 0 atom stereocenters. The number of nitrogens with zero attached hydrogens (tertiary/aromatic N) is 2. The van der Waals surface area contributed by atoms with E-state index in [4.69, 9.17) is 10.9 Å². The number of nitrogens with two attached hydrogens (primary N) is 1. The third-order valence-electron chi connectivity index (χ3n) is 2.11. The third-order valence-corrected chi connectivity index (χ3v) is 2.11. The van der Waals surface area contributed by atoms with Gasteiger partial charge in [0.25, 0.3) is 0 Å². The first-order valence-corrected chi connectivity index (χ1v) is 4.07. The van der Waals surface area contributed by atoms with Gasteiger partial charge < -0.3 is 10.9 Å². The van der Waals surface area contributed by atoms with E-state index >= 15 is 0 Å². The van der Waals surface area contributed by atoms with Gasteiger partial charge in [0.05, 0.1) is 16.6 Å². The molecule has 0 aliphatic rings. The minimum absolute atomic E-state index is 0.218. The number of aromatic carboxylic acids is 1. The fourth-order valence-electron chi connectivity index (χ4n) is 1.35. The summed E-state index contributed by atoms with van der Waals surface area (Å²) in [6.45, 7) is 1.76. The molecule has 0 saturated carbocycles. The first kappa shape index (κ1) is 8.55. The Morgan fingerprint density at radius 3 is 2.93 bits per heavy atom. The van der Waals surface area contributed by atoms with Crippen LogP contribution in [0, 0.1) is 6.92 Å². The van der Waals surface area contributed by atoms with Crippen molar-refractivity contribution in [2.24, 2.45) is 0 Å². The van der Waals surface area contributed by atoms with Crippen LogP contribution < -0.4 is 5.84 Å². The lowest BCUT2D eigenvalue weighted by atomic mass is 10.2. The highest BCUT2D eigenvalue weighted by Crippen LogP contribution is 2.15. The van der Waals surface area contributed by atoms with Crippen molar-refractivity contribution < 1.29 is 9.90 Å². The second-order valence-corrected chi connectivity index (χ2v) is 3.04. The number of aromatic nitrogens is 2. The third kappa shape index (κ3) is 1.10. The summed E-state index contributed by atoms with van der Waals surface area (Å²) in [5, 5.41) is 8.75. The fourth-order valence-corrected chi connectivity index (χ4v) is 1.35. The molecule has 1 aromatic carbocycles. The SMILES string of the molecule is Cc1nc2cc(C(=O)O)ccc2n1N. The van der Waals surface area contributed by atoms with E-state index in [1.165, 1.54) is 16.8 Å². The van der Waals surface area contributed by atoms with Crippen LogP contribution >= 0.6 is 0 Å². The maximum Gasteiger partial charge on any atom is 0.335 e. The summed E-state index contributed by atoms with van der Waals surface area (Å²) in [5.74, 6) is 5.36. The smallest absolute Gasteiger partial charge is 0.335 e. The van der Waals surface area contributed by atoms with Crippen LogP contribution in [0.1, 0.15) is 16.2 Å². The number of aryl methyl sites for hydroxylation is 1. The van der Waals surface area contributed by atoms with Crippen molar-refractivity contribution in [2.75, 3.05) is 5.84 Å². The first-order chi connectivity index (χ1) is 6.59. The quantitative estimate of drug-likeness (QED) is 0.652. The molecule has 0 bridgehead atoms. The summed E-state index contributed by atoms with van der Waals surface area (Å²) in [4.78, 5) is 14.8. The van der Waals surface area contributed by atoms with Gasteiger partial charge >= 0.3 is 5.97 Å². The average molecular weight is 191 g/mol. The van der Waals surface area contributed by atoms with E-state index in [-0.39, 0.29) is 5.56 Å². The predicted octanol–water partition coefficient (Wildman–Crippen LogP) is 0.757. The number of imidazole rings is 1. The van der Waals surface area contributed by atoms with Crippen molar-refractivity contribution in [1.82, 2.24) is 9.66 Å². The molecule has 2 aromatic rings. The van der Waals surface area contributed by atoms with E-state index in [9.17, 15) is 4.79 Å². The van der Waals surface area contributed by atoms with E-state index in [0.29, 0.717) is 11.3 Å². The summed E-state index contributed by atoms with van der Waals surface area (Å²) < 4.78 is 1.43.